The summed E-state index contributed by atoms with van der Waals surface area (Å²) in [6.45, 7) is 7.46. The Kier molecular flexibility index (Phi) is 4.49. The van der Waals surface area contributed by atoms with Crippen molar-refractivity contribution in [3.8, 4) is 0 Å². The van der Waals surface area contributed by atoms with Crippen LogP contribution in [-0.4, -0.2) is 32.9 Å². The summed E-state index contributed by atoms with van der Waals surface area (Å²) in [6, 6.07) is 7.45. The highest BCUT2D eigenvalue weighted by Crippen LogP contribution is 2.38. The van der Waals surface area contributed by atoms with Gasteiger partial charge in [-0.25, -0.2) is 14.8 Å². The Bertz CT molecular complexity index is 1110. The third kappa shape index (κ3) is 3.30. The number of hydrogen-bond acceptors (Lipinski definition) is 5. The van der Waals surface area contributed by atoms with Gasteiger partial charge in [0.2, 0.25) is 5.78 Å². The molecule has 0 aliphatic heterocycles. The molecule has 4 rings (SSSR count). The molecule has 0 spiro atoms. The Morgan fingerprint density at radius 1 is 1.04 bits per heavy atom. The molecule has 6 nitrogen and oxygen atoms in total. The molecule has 1 aliphatic carbocycles. The standard InChI is InChI=1S/C22H23N3O3/c1-12-9-18(15(4)25(12)17-6-7-17)21(26)11-28-22(27)16-5-8-19-20(10-16)24-14(3)13(2)23-19/h5,8-10,17H,6-7,11H2,1-4H3. The van der Waals surface area contributed by atoms with Crippen LogP contribution in [-0.2, 0) is 4.74 Å². The van der Waals surface area contributed by atoms with Crippen molar-refractivity contribution in [1.82, 2.24) is 14.5 Å². The lowest BCUT2D eigenvalue weighted by atomic mass is 10.1. The first-order chi connectivity index (χ1) is 13.3. The lowest BCUT2D eigenvalue weighted by Crippen LogP contribution is -2.15. The van der Waals surface area contributed by atoms with E-state index in [0.717, 1.165) is 41.1 Å². The summed E-state index contributed by atoms with van der Waals surface area (Å²) in [7, 11) is 0. The van der Waals surface area contributed by atoms with Crippen LogP contribution in [0.25, 0.3) is 11.0 Å². The summed E-state index contributed by atoms with van der Waals surface area (Å²) >= 11 is 0. The van der Waals surface area contributed by atoms with E-state index in [-0.39, 0.29) is 12.4 Å². The van der Waals surface area contributed by atoms with Gasteiger partial charge < -0.3 is 9.30 Å². The SMILES string of the molecule is Cc1nc2ccc(C(=O)OCC(=O)c3cc(C)n(C4CC4)c3C)cc2nc1C. The Labute approximate surface area is 163 Å². The van der Waals surface area contributed by atoms with E-state index < -0.39 is 5.97 Å². The monoisotopic (exact) mass is 377 g/mol. The number of ether oxygens (including phenoxy) is 1. The summed E-state index contributed by atoms with van der Waals surface area (Å²) < 4.78 is 7.49. The van der Waals surface area contributed by atoms with E-state index in [2.05, 4.69) is 14.5 Å². The van der Waals surface area contributed by atoms with Gasteiger partial charge in [0, 0.05) is 23.0 Å². The lowest BCUT2D eigenvalue weighted by Gasteiger charge is -2.08. The predicted molar refractivity (Wildman–Crippen MR) is 106 cm³/mol. The summed E-state index contributed by atoms with van der Waals surface area (Å²) in [5.74, 6) is -0.716. The molecule has 1 aliphatic rings. The minimum Gasteiger partial charge on any atom is -0.454 e. The van der Waals surface area contributed by atoms with Gasteiger partial charge in [-0.3, -0.25) is 4.79 Å². The van der Waals surface area contributed by atoms with Gasteiger partial charge >= 0.3 is 5.97 Å². The average Bonchev–Trinajstić information content (AvgIpc) is 3.44. The molecular formula is C22H23N3O3. The minimum atomic E-state index is -0.536. The average molecular weight is 377 g/mol. The number of aromatic nitrogens is 3. The van der Waals surface area contributed by atoms with Gasteiger partial charge in [-0.2, -0.15) is 0 Å². The van der Waals surface area contributed by atoms with Crippen molar-refractivity contribution in [1.29, 1.82) is 0 Å². The van der Waals surface area contributed by atoms with Crippen LogP contribution >= 0.6 is 0 Å². The zero-order valence-corrected chi connectivity index (χ0v) is 16.6. The van der Waals surface area contributed by atoms with Gasteiger partial charge in [0.05, 0.1) is 28.0 Å². The van der Waals surface area contributed by atoms with Crippen LogP contribution in [0.2, 0.25) is 0 Å². The summed E-state index contributed by atoms with van der Waals surface area (Å²) in [6.07, 6.45) is 2.31. The van der Waals surface area contributed by atoms with E-state index >= 15 is 0 Å². The fourth-order valence-corrected chi connectivity index (χ4v) is 3.60. The molecule has 0 atom stereocenters. The largest absolute Gasteiger partial charge is 0.454 e. The van der Waals surface area contributed by atoms with Crippen LogP contribution in [0.3, 0.4) is 0 Å². The van der Waals surface area contributed by atoms with E-state index in [4.69, 9.17) is 4.74 Å². The molecular weight excluding hydrogens is 354 g/mol. The van der Waals surface area contributed by atoms with Crippen LogP contribution in [0.5, 0.6) is 0 Å². The molecule has 1 saturated carbocycles. The minimum absolute atomic E-state index is 0.180. The van der Waals surface area contributed by atoms with E-state index in [9.17, 15) is 9.59 Å². The second kappa shape index (κ2) is 6.86. The van der Waals surface area contributed by atoms with Crippen LogP contribution in [0.4, 0.5) is 0 Å². The van der Waals surface area contributed by atoms with Crippen molar-refractivity contribution >= 4 is 22.8 Å². The second-order valence-corrected chi connectivity index (χ2v) is 7.48. The Balaban J connectivity index is 1.48. The molecule has 0 N–H and O–H groups in total. The molecule has 144 valence electrons. The van der Waals surface area contributed by atoms with Gasteiger partial charge in [-0.05, 0) is 64.8 Å². The van der Waals surface area contributed by atoms with Gasteiger partial charge in [0.15, 0.2) is 6.61 Å². The summed E-state index contributed by atoms with van der Waals surface area (Å²) in [4.78, 5) is 33.9. The third-order valence-corrected chi connectivity index (χ3v) is 5.34. The Morgan fingerprint density at radius 2 is 1.71 bits per heavy atom. The Hall–Kier alpha value is -3.02. The van der Waals surface area contributed by atoms with E-state index in [0.29, 0.717) is 22.7 Å². The normalized spacial score (nSPS) is 13.7. The van der Waals surface area contributed by atoms with Crippen molar-refractivity contribution in [3.05, 3.63) is 58.2 Å². The van der Waals surface area contributed by atoms with Crippen molar-refractivity contribution in [2.75, 3.05) is 6.61 Å². The second-order valence-electron chi connectivity index (χ2n) is 7.48. The zero-order valence-electron chi connectivity index (χ0n) is 16.6. The molecule has 0 bridgehead atoms. The van der Waals surface area contributed by atoms with Crippen LogP contribution in [0, 0.1) is 27.7 Å². The molecule has 3 aromatic rings. The van der Waals surface area contributed by atoms with E-state index in [1.54, 1.807) is 18.2 Å². The van der Waals surface area contributed by atoms with Gasteiger partial charge in [0.25, 0.3) is 0 Å². The third-order valence-electron chi connectivity index (χ3n) is 5.34. The van der Waals surface area contributed by atoms with Crippen molar-refractivity contribution in [3.63, 3.8) is 0 Å². The smallest absolute Gasteiger partial charge is 0.338 e. The van der Waals surface area contributed by atoms with Crippen LogP contribution in [0.1, 0.15) is 62.4 Å². The van der Waals surface area contributed by atoms with E-state index in [1.165, 1.54) is 0 Å². The number of nitrogens with zero attached hydrogens (tertiary/aromatic N) is 3. The highest BCUT2D eigenvalue weighted by molar-refractivity contribution is 6.01. The fourth-order valence-electron chi connectivity index (χ4n) is 3.60. The molecule has 1 fully saturated rings. The molecule has 0 unspecified atom stereocenters. The van der Waals surface area contributed by atoms with Gasteiger partial charge in [0.1, 0.15) is 0 Å². The van der Waals surface area contributed by atoms with Crippen molar-refractivity contribution in [2.24, 2.45) is 0 Å². The number of ketones is 1. The molecule has 28 heavy (non-hydrogen) atoms. The first-order valence-electron chi connectivity index (χ1n) is 9.49. The number of fused-ring (bicyclic) bond motifs is 1. The van der Waals surface area contributed by atoms with Crippen molar-refractivity contribution < 1.29 is 14.3 Å². The van der Waals surface area contributed by atoms with Crippen LogP contribution in [0.15, 0.2) is 24.3 Å². The number of aryl methyl sites for hydroxylation is 3. The predicted octanol–water partition coefficient (Wildman–Crippen LogP) is 4.04. The molecule has 6 heteroatoms. The summed E-state index contributed by atoms with van der Waals surface area (Å²) in [5, 5.41) is 0. The van der Waals surface area contributed by atoms with Gasteiger partial charge in [-0.1, -0.05) is 0 Å². The first kappa shape index (κ1) is 18.3. The number of Topliss-reactive ketones (excluding diaryl/α,β-unsaturated/α-hetero) is 1. The number of carbonyl (C=O) groups is 2. The number of carbonyl (C=O) groups excluding carboxylic acids is 2. The maximum Gasteiger partial charge on any atom is 0.338 e. The molecule has 2 aromatic heterocycles. The maximum absolute atomic E-state index is 12.6. The molecule has 2 heterocycles. The fraction of sp³-hybridized carbons (Fsp3) is 0.364. The first-order valence-corrected chi connectivity index (χ1v) is 9.49. The van der Waals surface area contributed by atoms with Crippen molar-refractivity contribution in [2.45, 2.75) is 46.6 Å². The molecule has 0 saturated heterocycles. The number of benzene rings is 1. The van der Waals surface area contributed by atoms with E-state index in [1.807, 2.05) is 33.8 Å². The number of esters is 1. The zero-order chi connectivity index (χ0) is 20.0. The van der Waals surface area contributed by atoms with Crippen LogP contribution < -0.4 is 0 Å². The summed E-state index contributed by atoms with van der Waals surface area (Å²) in [5.41, 5.74) is 6.06. The highest BCUT2D eigenvalue weighted by atomic mass is 16.5. The molecule has 0 amide bonds. The molecule has 1 aromatic carbocycles. The quantitative estimate of drug-likeness (QED) is 0.495. The highest BCUT2D eigenvalue weighted by Gasteiger charge is 2.28. The number of hydrogen-bond donors (Lipinski definition) is 0. The van der Waals surface area contributed by atoms with Gasteiger partial charge in [-0.15, -0.1) is 0 Å². The number of rotatable bonds is 5. The molecule has 0 radical (unpaired) electrons. The maximum atomic E-state index is 12.6. The lowest BCUT2D eigenvalue weighted by molar-refractivity contribution is 0.0474. The Morgan fingerprint density at radius 3 is 2.39 bits per heavy atom. The topological polar surface area (TPSA) is 74.1 Å².